The van der Waals surface area contributed by atoms with E-state index in [1.807, 2.05) is 18.2 Å². The molecule has 1 unspecified atom stereocenters. The fraction of sp³-hybridized carbons (Fsp3) is 0.444. The lowest BCUT2D eigenvalue weighted by Gasteiger charge is -2.21. The number of benzene rings is 1. The highest BCUT2D eigenvalue weighted by Gasteiger charge is 2.19. The van der Waals surface area contributed by atoms with Crippen LogP contribution in [0, 0.1) is 0 Å². The monoisotopic (exact) mass is 343 g/mol. The number of nitrogens with zero attached hydrogens (tertiary/aromatic N) is 2. The SMILES string of the molecule is COc1ccc(OC)c(C(C)Nc2nc(N)nc3c2CCNCC3)c1. The standard InChI is InChI=1S/C18H25N5O2/c1-11(14-10-12(24-2)4-5-16(14)25-3)21-17-13-6-8-20-9-7-15(13)22-18(19)23-17/h4-5,10-11,20H,6-9H2,1-3H3,(H3,19,21,22,23). The third-order valence-corrected chi connectivity index (χ3v) is 4.46. The molecular formula is C18H25N5O2. The summed E-state index contributed by atoms with van der Waals surface area (Å²) in [6.07, 6.45) is 1.73. The van der Waals surface area contributed by atoms with Crippen LogP contribution in [0.1, 0.15) is 29.8 Å². The van der Waals surface area contributed by atoms with E-state index in [1.54, 1.807) is 14.2 Å². The number of nitrogen functional groups attached to an aromatic ring is 1. The van der Waals surface area contributed by atoms with Crippen LogP contribution in [-0.2, 0) is 12.8 Å². The van der Waals surface area contributed by atoms with Crippen LogP contribution in [0.15, 0.2) is 18.2 Å². The van der Waals surface area contributed by atoms with Crippen molar-refractivity contribution in [2.24, 2.45) is 0 Å². The van der Waals surface area contributed by atoms with Crippen molar-refractivity contribution in [3.63, 3.8) is 0 Å². The number of rotatable bonds is 5. The highest BCUT2D eigenvalue weighted by Crippen LogP contribution is 2.32. The average Bonchev–Trinajstić information content (AvgIpc) is 2.86. The first kappa shape index (κ1) is 17.3. The van der Waals surface area contributed by atoms with E-state index < -0.39 is 0 Å². The Hall–Kier alpha value is -2.54. The lowest BCUT2D eigenvalue weighted by molar-refractivity contribution is 0.397. The number of nitrogens with two attached hydrogens (primary N) is 1. The number of nitrogens with one attached hydrogen (secondary N) is 2. The lowest BCUT2D eigenvalue weighted by atomic mass is 10.1. The highest BCUT2D eigenvalue weighted by molar-refractivity contribution is 5.53. The van der Waals surface area contributed by atoms with E-state index in [4.69, 9.17) is 15.2 Å². The van der Waals surface area contributed by atoms with Gasteiger partial charge in [0.05, 0.1) is 26.0 Å². The zero-order chi connectivity index (χ0) is 17.8. The van der Waals surface area contributed by atoms with Gasteiger partial charge in [-0.15, -0.1) is 0 Å². The van der Waals surface area contributed by atoms with Crippen molar-refractivity contribution < 1.29 is 9.47 Å². The maximum Gasteiger partial charge on any atom is 0.222 e. The molecule has 0 fully saturated rings. The second kappa shape index (κ2) is 7.57. The van der Waals surface area contributed by atoms with E-state index in [9.17, 15) is 0 Å². The fourth-order valence-electron chi connectivity index (χ4n) is 3.14. The zero-order valence-corrected chi connectivity index (χ0v) is 14.9. The van der Waals surface area contributed by atoms with Crippen molar-refractivity contribution in [3.8, 4) is 11.5 Å². The molecule has 0 spiro atoms. The molecule has 134 valence electrons. The molecule has 2 aromatic rings. The van der Waals surface area contributed by atoms with Crippen LogP contribution in [0.3, 0.4) is 0 Å². The van der Waals surface area contributed by atoms with Gasteiger partial charge in [0.2, 0.25) is 5.95 Å². The molecule has 2 heterocycles. The zero-order valence-electron chi connectivity index (χ0n) is 14.9. The summed E-state index contributed by atoms with van der Waals surface area (Å²) >= 11 is 0. The lowest BCUT2D eigenvalue weighted by Crippen LogP contribution is -2.16. The average molecular weight is 343 g/mol. The maximum atomic E-state index is 5.92. The minimum Gasteiger partial charge on any atom is -0.497 e. The van der Waals surface area contributed by atoms with Crippen LogP contribution in [0.5, 0.6) is 11.5 Å². The fourth-order valence-corrected chi connectivity index (χ4v) is 3.14. The first-order valence-corrected chi connectivity index (χ1v) is 8.46. The van der Waals surface area contributed by atoms with Crippen LogP contribution >= 0.6 is 0 Å². The minimum absolute atomic E-state index is 0.0281. The van der Waals surface area contributed by atoms with E-state index in [2.05, 4.69) is 27.5 Å². The summed E-state index contributed by atoms with van der Waals surface area (Å²) < 4.78 is 10.8. The summed E-state index contributed by atoms with van der Waals surface area (Å²) in [5.41, 5.74) is 9.07. The quantitative estimate of drug-likeness (QED) is 0.764. The van der Waals surface area contributed by atoms with Crippen LogP contribution in [0.4, 0.5) is 11.8 Å². The maximum absolute atomic E-state index is 5.92. The van der Waals surface area contributed by atoms with Crippen LogP contribution in [0.25, 0.3) is 0 Å². The predicted molar refractivity (Wildman–Crippen MR) is 98.3 cm³/mol. The molecule has 4 N–H and O–H groups in total. The van der Waals surface area contributed by atoms with Gasteiger partial charge in [0.25, 0.3) is 0 Å². The van der Waals surface area contributed by atoms with Crippen molar-refractivity contribution in [3.05, 3.63) is 35.0 Å². The van der Waals surface area contributed by atoms with Crippen molar-refractivity contribution in [2.75, 3.05) is 38.4 Å². The topological polar surface area (TPSA) is 94.3 Å². The molecule has 1 aliphatic heterocycles. The van der Waals surface area contributed by atoms with Crippen LogP contribution in [0.2, 0.25) is 0 Å². The van der Waals surface area contributed by atoms with Gasteiger partial charge in [-0.25, -0.2) is 4.98 Å². The van der Waals surface area contributed by atoms with Gasteiger partial charge in [0, 0.05) is 24.1 Å². The first-order valence-electron chi connectivity index (χ1n) is 8.46. The molecule has 0 aliphatic carbocycles. The number of methoxy groups -OCH3 is 2. The normalized spacial score (nSPS) is 15.0. The van der Waals surface area contributed by atoms with Crippen molar-refractivity contribution in [1.82, 2.24) is 15.3 Å². The molecule has 0 bridgehead atoms. The Morgan fingerprint density at radius 1 is 1.16 bits per heavy atom. The summed E-state index contributed by atoms with van der Waals surface area (Å²) in [5.74, 6) is 2.68. The van der Waals surface area contributed by atoms with Crippen molar-refractivity contribution >= 4 is 11.8 Å². The molecular weight excluding hydrogens is 318 g/mol. The highest BCUT2D eigenvalue weighted by atomic mass is 16.5. The van der Waals surface area contributed by atoms with Gasteiger partial charge < -0.3 is 25.8 Å². The number of fused-ring (bicyclic) bond motifs is 1. The van der Waals surface area contributed by atoms with Crippen molar-refractivity contribution in [1.29, 1.82) is 0 Å². The smallest absolute Gasteiger partial charge is 0.222 e. The third-order valence-electron chi connectivity index (χ3n) is 4.46. The van der Waals surface area contributed by atoms with Gasteiger partial charge in [-0.3, -0.25) is 0 Å². The summed E-state index contributed by atoms with van der Waals surface area (Å²) in [6, 6.07) is 5.74. The largest absolute Gasteiger partial charge is 0.497 e. The Kier molecular flexibility index (Phi) is 5.23. The van der Waals surface area contributed by atoms with Crippen LogP contribution < -0.4 is 25.8 Å². The molecule has 0 amide bonds. The number of aromatic nitrogens is 2. The van der Waals surface area contributed by atoms with Gasteiger partial charge in [-0.05, 0) is 38.1 Å². The number of ether oxygens (including phenoxy) is 2. The first-order chi connectivity index (χ1) is 12.1. The number of hydrogen-bond acceptors (Lipinski definition) is 7. The Bertz CT molecular complexity index is 750. The van der Waals surface area contributed by atoms with Gasteiger partial charge >= 0.3 is 0 Å². The van der Waals surface area contributed by atoms with Gasteiger partial charge in [0.1, 0.15) is 17.3 Å². The summed E-state index contributed by atoms with van der Waals surface area (Å²) in [4.78, 5) is 8.86. The Balaban J connectivity index is 1.93. The second-order valence-corrected chi connectivity index (χ2v) is 6.08. The molecule has 0 saturated heterocycles. The summed E-state index contributed by atoms with van der Waals surface area (Å²) in [5, 5.41) is 6.87. The summed E-state index contributed by atoms with van der Waals surface area (Å²) in [7, 11) is 3.32. The molecule has 1 aromatic heterocycles. The summed E-state index contributed by atoms with van der Waals surface area (Å²) in [6.45, 7) is 3.88. The van der Waals surface area contributed by atoms with Gasteiger partial charge in [0.15, 0.2) is 0 Å². The molecule has 3 rings (SSSR count). The Morgan fingerprint density at radius 3 is 2.72 bits per heavy atom. The molecule has 7 nitrogen and oxygen atoms in total. The molecule has 1 aliphatic rings. The molecule has 25 heavy (non-hydrogen) atoms. The van der Waals surface area contributed by atoms with E-state index in [1.165, 1.54) is 0 Å². The molecule has 7 heteroatoms. The van der Waals surface area contributed by atoms with Gasteiger partial charge in [-0.1, -0.05) is 0 Å². The van der Waals surface area contributed by atoms with E-state index in [0.717, 1.165) is 60.1 Å². The molecule has 1 atom stereocenters. The van der Waals surface area contributed by atoms with E-state index in [0.29, 0.717) is 5.95 Å². The van der Waals surface area contributed by atoms with Gasteiger partial charge in [-0.2, -0.15) is 4.98 Å². The molecule has 0 radical (unpaired) electrons. The van der Waals surface area contributed by atoms with E-state index >= 15 is 0 Å². The molecule has 1 aromatic carbocycles. The third kappa shape index (κ3) is 3.76. The molecule has 0 saturated carbocycles. The second-order valence-electron chi connectivity index (χ2n) is 6.08. The number of anilines is 2. The Labute approximate surface area is 148 Å². The number of hydrogen-bond donors (Lipinski definition) is 3. The Morgan fingerprint density at radius 2 is 1.96 bits per heavy atom. The van der Waals surface area contributed by atoms with E-state index in [-0.39, 0.29) is 6.04 Å². The predicted octanol–water partition coefficient (Wildman–Crippen LogP) is 1.94. The van der Waals surface area contributed by atoms with Crippen LogP contribution in [-0.4, -0.2) is 37.3 Å². The van der Waals surface area contributed by atoms with Crippen molar-refractivity contribution in [2.45, 2.75) is 25.8 Å². The minimum atomic E-state index is -0.0281.